The van der Waals surface area contributed by atoms with Crippen LogP contribution in [0.3, 0.4) is 0 Å². The van der Waals surface area contributed by atoms with Gasteiger partial charge in [0.1, 0.15) is 0 Å². The molecule has 0 aliphatic carbocycles. The van der Waals surface area contributed by atoms with Crippen LogP contribution in [-0.4, -0.2) is 10.1 Å². The molecule has 0 fully saturated rings. The minimum atomic E-state index is -0.124. The first-order valence-electron chi connectivity index (χ1n) is 6.79. The Morgan fingerprint density at radius 1 is 1.29 bits per heavy atom. The SMILES string of the molecule is CC(NCc1ccc(Cl)cc1Cl)c1nc(C(C)(C)C)no1. The zero-order valence-electron chi connectivity index (χ0n) is 12.6. The van der Waals surface area contributed by atoms with Crippen LogP contribution in [0.2, 0.25) is 10.0 Å². The summed E-state index contributed by atoms with van der Waals surface area (Å²) in [6.07, 6.45) is 0. The Balaban J connectivity index is 2.01. The number of hydrogen-bond acceptors (Lipinski definition) is 4. The van der Waals surface area contributed by atoms with Crippen molar-refractivity contribution in [2.45, 2.75) is 45.7 Å². The molecule has 0 spiro atoms. The molecule has 0 aliphatic heterocycles. The lowest BCUT2D eigenvalue weighted by molar-refractivity contribution is 0.330. The first kappa shape index (κ1) is 16.3. The first-order valence-corrected chi connectivity index (χ1v) is 7.54. The molecule has 1 heterocycles. The molecule has 1 aromatic heterocycles. The number of benzene rings is 1. The van der Waals surface area contributed by atoms with Gasteiger partial charge in [-0.1, -0.05) is 55.2 Å². The van der Waals surface area contributed by atoms with E-state index in [0.29, 0.717) is 28.3 Å². The van der Waals surface area contributed by atoms with Crippen molar-refractivity contribution in [1.29, 1.82) is 0 Å². The number of hydrogen-bond donors (Lipinski definition) is 1. The van der Waals surface area contributed by atoms with Gasteiger partial charge >= 0.3 is 0 Å². The smallest absolute Gasteiger partial charge is 0.243 e. The fourth-order valence-corrected chi connectivity index (χ4v) is 2.21. The molecule has 6 heteroatoms. The van der Waals surface area contributed by atoms with Gasteiger partial charge in [0.05, 0.1) is 6.04 Å². The predicted octanol–water partition coefficient (Wildman–Crippen LogP) is 4.52. The fourth-order valence-electron chi connectivity index (χ4n) is 1.73. The Hall–Kier alpha value is -1.10. The molecule has 1 N–H and O–H groups in total. The predicted molar refractivity (Wildman–Crippen MR) is 84.7 cm³/mol. The summed E-state index contributed by atoms with van der Waals surface area (Å²) in [6.45, 7) is 8.72. The maximum atomic E-state index is 6.15. The Bertz CT molecular complexity index is 620. The molecule has 1 unspecified atom stereocenters. The van der Waals surface area contributed by atoms with E-state index in [1.54, 1.807) is 6.07 Å². The zero-order chi connectivity index (χ0) is 15.6. The minimum absolute atomic E-state index is 0.0552. The number of nitrogens with one attached hydrogen (secondary N) is 1. The van der Waals surface area contributed by atoms with Gasteiger partial charge in [0.25, 0.3) is 0 Å². The van der Waals surface area contributed by atoms with Gasteiger partial charge in [-0.05, 0) is 24.6 Å². The molecule has 2 rings (SSSR count). The fraction of sp³-hybridized carbons (Fsp3) is 0.467. The quantitative estimate of drug-likeness (QED) is 0.896. The highest BCUT2D eigenvalue weighted by atomic mass is 35.5. The highest BCUT2D eigenvalue weighted by Crippen LogP contribution is 2.23. The summed E-state index contributed by atoms with van der Waals surface area (Å²) < 4.78 is 5.31. The van der Waals surface area contributed by atoms with E-state index in [2.05, 4.69) is 15.5 Å². The van der Waals surface area contributed by atoms with Crippen molar-refractivity contribution in [3.05, 3.63) is 45.5 Å². The summed E-state index contributed by atoms with van der Waals surface area (Å²) in [5.74, 6) is 1.28. The van der Waals surface area contributed by atoms with Crippen molar-refractivity contribution in [2.75, 3.05) is 0 Å². The molecule has 0 radical (unpaired) electrons. The van der Waals surface area contributed by atoms with Crippen LogP contribution < -0.4 is 5.32 Å². The third kappa shape index (κ3) is 4.19. The van der Waals surface area contributed by atoms with Crippen LogP contribution in [0.25, 0.3) is 0 Å². The molecule has 0 saturated carbocycles. The van der Waals surface area contributed by atoms with Crippen molar-refractivity contribution in [1.82, 2.24) is 15.5 Å². The monoisotopic (exact) mass is 327 g/mol. The molecular weight excluding hydrogens is 309 g/mol. The number of aromatic nitrogens is 2. The minimum Gasteiger partial charge on any atom is -0.338 e. The van der Waals surface area contributed by atoms with Crippen LogP contribution in [0.1, 0.15) is 51.0 Å². The van der Waals surface area contributed by atoms with Crippen molar-refractivity contribution in [2.24, 2.45) is 0 Å². The largest absolute Gasteiger partial charge is 0.338 e. The van der Waals surface area contributed by atoms with Gasteiger partial charge in [0.15, 0.2) is 5.82 Å². The van der Waals surface area contributed by atoms with Crippen LogP contribution in [0.4, 0.5) is 0 Å². The molecule has 21 heavy (non-hydrogen) atoms. The summed E-state index contributed by atoms with van der Waals surface area (Å²) >= 11 is 12.0. The van der Waals surface area contributed by atoms with E-state index in [-0.39, 0.29) is 11.5 Å². The molecule has 0 aliphatic rings. The van der Waals surface area contributed by atoms with Gasteiger partial charge in [0, 0.05) is 22.0 Å². The highest BCUT2D eigenvalue weighted by Gasteiger charge is 2.23. The summed E-state index contributed by atoms with van der Waals surface area (Å²) in [5.41, 5.74) is 0.851. The number of halogens is 2. The van der Waals surface area contributed by atoms with Crippen LogP contribution >= 0.6 is 23.2 Å². The molecule has 0 saturated heterocycles. The van der Waals surface area contributed by atoms with Crippen LogP contribution in [0, 0.1) is 0 Å². The Morgan fingerprint density at radius 3 is 2.57 bits per heavy atom. The molecule has 114 valence electrons. The standard InChI is InChI=1S/C15H19Cl2N3O/c1-9(13-19-14(20-21-13)15(2,3)4)18-8-10-5-6-11(16)7-12(10)17/h5-7,9,18H,8H2,1-4H3. The van der Waals surface area contributed by atoms with Gasteiger partial charge < -0.3 is 9.84 Å². The third-order valence-electron chi connectivity index (χ3n) is 3.10. The number of rotatable bonds is 4. The normalized spacial score (nSPS) is 13.4. The summed E-state index contributed by atoms with van der Waals surface area (Å²) in [7, 11) is 0. The molecule has 0 amide bonds. The van der Waals surface area contributed by atoms with Crippen molar-refractivity contribution >= 4 is 23.2 Å². The second-order valence-corrected chi connectivity index (χ2v) is 6.89. The molecular formula is C15H19Cl2N3O. The maximum Gasteiger partial charge on any atom is 0.243 e. The van der Waals surface area contributed by atoms with Gasteiger partial charge in [-0.15, -0.1) is 0 Å². The van der Waals surface area contributed by atoms with E-state index >= 15 is 0 Å². The van der Waals surface area contributed by atoms with E-state index < -0.39 is 0 Å². The first-order chi connectivity index (χ1) is 9.77. The van der Waals surface area contributed by atoms with Crippen molar-refractivity contribution in [3.8, 4) is 0 Å². The molecule has 4 nitrogen and oxygen atoms in total. The van der Waals surface area contributed by atoms with E-state index in [4.69, 9.17) is 27.7 Å². The number of nitrogens with zero attached hydrogens (tertiary/aromatic N) is 2. The lowest BCUT2D eigenvalue weighted by atomic mass is 9.96. The highest BCUT2D eigenvalue weighted by molar-refractivity contribution is 6.35. The Labute approximate surface area is 134 Å². The third-order valence-corrected chi connectivity index (χ3v) is 3.68. The van der Waals surface area contributed by atoms with Crippen molar-refractivity contribution in [3.63, 3.8) is 0 Å². The molecule has 1 aromatic carbocycles. The average molecular weight is 328 g/mol. The van der Waals surface area contributed by atoms with Crippen LogP contribution in [-0.2, 0) is 12.0 Å². The Kier molecular flexibility index (Phi) is 4.91. The maximum absolute atomic E-state index is 6.15. The van der Waals surface area contributed by atoms with E-state index in [9.17, 15) is 0 Å². The molecule has 1 atom stereocenters. The van der Waals surface area contributed by atoms with E-state index in [1.165, 1.54) is 0 Å². The van der Waals surface area contributed by atoms with Gasteiger partial charge in [0.2, 0.25) is 5.89 Å². The lowest BCUT2D eigenvalue weighted by Crippen LogP contribution is -2.19. The molecule has 0 bridgehead atoms. The zero-order valence-corrected chi connectivity index (χ0v) is 14.1. The van der Waals surface area contributed by atoms with Gasteiger partial charge in [-0.3, -0.25) is 0 Å². The topological polar surface area (TPSA) is 51.0 Å². The summed E-state index contributed by atoms with van der Waals surface area (Å²) in [5, 5.41) is 8.61. The molecule has 2 aromatic rings. The van der Waals surface area contributed by atoms with Gasteiger partial charge in [-0.2, -0.15) is 4.98 Å². The van der Waals surface area contributed by atoms with Gasteiger partial charge in [-0.25, -0.2) is 0 Å². The van der Waals surface area contributed by atoms with Crippen molar-refractivity contribution < 1.29 is 4.52 Å². The van der Waals surface area contributed by atoms with Crippen LogP contribution in [0.5, 0.6) is 0 Å². The van der Waals surface area contributed by atoms with E-state index in [1.807, 2.05) is 39.8 Å². The second-order valence-electron chi connectivity index (χ2n) is 6.04. The van der Waals surface area contributed by atoms with Crippen LogP contribution in [0.15, 0.2) is 22.7 Å². The van der Waals surface area contributed by atoms with E-state index in [0.717, 1.165) is 5.56 Å². The lowest BCUT2D eigenvalue weighted by Gasteiger charge is -2.12. The summed E-state index contributed by atoms with van der Waals surface area (Å²) in [4.78, 5) is 4.44. The summed E-state index contributed by atoms with van der Waals surface area (Å²) in [6, 6.07) is 5.40. The second kappa shape index (κ2) is 6.34. The Morgan fingerprint density at radius 2 is 2.00 bits per heavy atom. The average Bonchev–Trinajstić information content (AvgIpc) is 2.87.